The lowest BCUT2D eigenvalue weighted by Gasteiger charge is -2.11. The van der Waals surface area contributed by atoms with Crippen molar-refractivity contribution >= 4 is 56.1 Å². The predicted octanol–water partition coefficient (Wildman–Crippen LogP) is 4.99. The van der Waals surface area contributed by atoms with Gasteiger partial charge in [-0.25, -0.2) is 4.98 Å². The van der Waals surface area contributed by atoms with Crippen LogP contribution in [0.5, 0.6) is 0 Å². The largest absolute Gasteiger partial charge is 0.369 e. The van der Waals surface area contributed by atoms with Crippen LogP contribution in [-0.2, 0) is 0 Å². The van der Waals surface area contributed by atoms with E-state index in [4.69, 9.17) is 28.9 Å². The molecular formula is C14H10BrCl2N3. The summed E-state index contributed by atoms with van der Waals surface area (Å²) in [5.41, 5.74) is 9.62. The predicted molar refractivity (Wildman–Crippen MR) is 87.9 cm³/mol. The molecule has 0 aliphatic carbocycles. The van der Waals surface area contributed by atoms with E-state index in [1.54, 1.807) is 12.1 Å². The molecule has 3 nitrogen and oxygen atoms in total. The lowest BCUT2D eigenvalue weighted by molar-refractivity contribution is 1.09. The molecule has 0 fully saturated rings. The Morgan fingerprint density at radius 1 is 1.20 bits per heavy atom. The lowest BCUT2D eigenvalue weighted by atomic mass is 10.2. The van der Waals surface area contributed by atoms with Crippen molar-refractivity contribution in [2.24, 2.45) is 0 Å². The highest BCUT2D eigenvalue weighted by molar-refractivity contribution is 9.10. The van der Waals surface area contributed by atoms with Crippen LogP contribution in [0.15, 0.2) is 34.8 Å². The highest BCUT2D eigenvalue weighted by Gasteiger charge is 2.15. The monoisotopic (exact) mass is 369 g/mol. The van der Waals surface area contributed by atoms with Crippen molar-refractivity contribution in [2.75, 3.05) is 5.73 Å². The van der Waals surface area contributed by atoms with E-state index in [0.29, 0.717) is 21.5 Å². The Labute approximate surface area is 134 Å². The van der Waals surface area contributed by atoms with Gasteiger partial charge in [-0.15, -0.1) is 0 Å². The molecule has 2 aromatic carbocycles. The number of hydrogen-bond acceptors (Lipinski definition) is 2. The molecular weight excluding hydrogens is 361 g/mol. The third kappa shape index (κ3) is 2.08. The first-order chi connectivity index (χ1) is 9.49. The minimum Gasteiger partial charge on any atom is -0.369 e. The topological polar surface area (TPSA) is 43.8 Å². The second-order valence-corrected chi connectivity index (χ2v) is 6.08. The van der Waals surface area contributed by atoms with E-state index in [1.165, 1.54) is 0 Å². The number of imidazole rings is 1. The number of halogens is 3. The van der Waals surface area contributed by atoms with Gasteiger partial charge in [0.05, 0.1) is 26.8 Å². The summed E-state index contributed by atoms with van der Waals surface area (Å²) in [6, 6.07) is 9.45. The maximum absolute atomic E-state index is 6.10. The first-order valence-corrected chi connectivity index (χ1v) is 7.42. The first kappa shape index (κ1) is 13.7. The molecule has 1 heterocycles. The highest BCUT2D eigenvalue weighted by Crippen LogP contribution is 2.33. The number of nitrogens with zero attached hydrogens (tertiary/aromatic N) is 2. The molecule has 0 saturated heterocycles. The molecule has 0 unspecified atom stereocenters. The summed E-state index contributed by atoms with van der Waals surface area (Å²) < 4.78 is 2.83. The number of nitrogen functional groups attached to an aromatic ring is 1. The van der Waals surface area contributed by atoms with E-state index in [0.717, 1.165) is 21.2 Å². The van der Waals surface area contributed by atoms with Gasteiger partial charge in [0, 0.05) is 4.47 Å². The third-order valence-electron chi connectivity index (χ3n) is 3.13. The van der Waals surface area contributed by atoms with Crippen molar-refractivity contribution in [3.63, 3.8) is 0 Å². The van der Waals surface area contributed by atoms with Gasteiger partial charge in [0.15, 0.2) is 0 Å². The quantitative estimate of drug-likeness (QED) is 0.656. The van der Waals surface area contributed by atoms with Crippen LogP contribution in [0.3, 0.4) is 0 Å². The van der Waals surface area contributed by atoms with Gasteiger partial charge in [-0.2, -0.15) is 0 Å². The van der Waals surface area contributed by atoms with Gasteiger partial charge in [-0.1, -0.05) is 35.3 Å². The molecule has 0 spiro atoms. The molecule has 0 amide bonds. The van der Waals surface area contributed by atoms with E-state index < -0.39 is 0 Å². The fourth-order valence-corrected chi connectivity index (χ4v) is 2.91. The molecule has 20 heavy (non-hydrogen) atoms. The second kappa shape index (κ2) is 4.95. The number of anilines is 1. The molecule has 3 rings (SSSR count). The Hall–Kier alpha value is -1.23. The molecule has 3 aromatic rings. The van der Waals surface area contributed by atoms with Gasteiger partial charge < -0.3 is 5.73 Å². The summed E-state index contributed by atoms with van der Waals surface area (Å²) in [7, 11) is 0. The minimum absolute atomic E-state index is 0.393. The molecule has 2 N–H and O–H groups in total. The van der Waals surface area contributed by atoms with Gasteiger partial charge in [0.2, 0.25) is 5.95 Å². The second-order valence-electron chi connectivity index (χ2n) is 4.47. The van der Waals surface area contributed by atoms with Crippen molar-refractivity contribution in [3.8, 4) is 5.69 Å². The van der Waals surface area contributed by atoms with Gasteiger partial charge >= 0.3 is 0 Å². The van der Waals surface area contributed by atoms with Crippen LogP contribution in [0.4, 0.5) is 5.95 Å². The van der Waals surface area contributed by atoms with E-state index in [-0.39, 0.29) is 0 Å². The molecule has 0 atom stereocenters. The summed E-state index contributed by atoms with van der Waals surface area (Å²) in [6.07, 6.45) is 0. The van der Waals surface area contributed by atoms with Crippen LogP contribution in [0.25, 0.3) is 16.7 Å². The zero-order chi connectivity index (χ0) is 14.4. The fraction of sp³-hybridized carbons (Fsp3) is 0.0714. The smallest absolute Gasteiger partial charge is 0.205 e. The minimum atomic E-state index is 0.393. The van der Waals surface area contributed by atoms with E-state index in [1.807, 2.05) is 29.7 Å². The van der Waals surface area contributed by atoms with Crippen molar-refractivity contribution in [2.45, 2.75) is 6.92 Å². The van der Waals surface area contributed by atoms with Crippen LogP contribution < -0.4 is 5.73 Å². The normalized spacial score (nSPS) is 11.2. The number of benzene rings is 2. The zero-order valence-corrected chi connectivity index (χ0v) is 13.6. The third-order valence-corrected chi connectivity index (χ3v) is 4.89. The maximum atomic E-state index is 6.10. The van der Waals surface area contributed by atoms with Crippen LogP contribution in [-0.4, -0.2) is 9.55 Å². The van der Waals surface area contributed by atoms with E-state index >= 15 is 0 Å². The summed E-state index contributed by atoms with van der Waals surface area (Å²) in [4.78, 5) is 4.34. The van der Waals surface area contributed by atoms with E-state index in [2.05, 4.69) is 20.9 Å². The molecule has 0 saturated carbocycles. The van der Waals surface area contributed by atoms with E-state index in [9.17, 15) is 0 Å². The molecule has 0 bridgehead atoms. The van der Waals surface area contributed by atoms with Crippen molar-refractivity contribution in [1.82, 2.24) is 9.55 Å². The van der Waals surface area contributed by atoms with Crippen LogP contribution in [0.2, 0.25) is 10.0 Å². The van der Waals surface area contributed by atoms with Gasteiger partial charge in [0.1, 0.15) is 0 Å². The Morgan fingerprint density at radius 3 is 2.65 bits per heavy atom. The standard InChI is InChI=1S/C14H10BrCl2N3/c1-7-3-2-4-11(13(7)15)20-12-6-9(17)8(16)5-10(12)19-14(20)18/h2-6H,1H3,(H2,18,19). The van der Waals surface area contributed by atoms with Gasteiger partial charge in [0.25, 0.3) is 0 Å². The lowest BCUT2D eigenvalue weighted by Crippen LogP contribution is -2.02. The molecule has 1 aromatic heterocycles. The van der Waals surface area contributed by atoms with Gasteiger partial charge in [-0.3, -0.25) is 4.57 Å². The molecule has 0 aliphatic heterocycles. The summed E-state index contributed by atoms with van der Waals surface area (Å²) in [5, 5.41) is 0.941. The number of nitrogens with two attached hydrogens (primary N) is 1. The number of fused-ring (bicyclic) bond motifs is 1. The molecule has 6 heteroatoms. The van der Waals surface area contributed by atoms with Crippen LogP contribution >= 0.6 is 39.1 Å². The van der Waals surface area contributed by atoms with Gasteiger partial charge in [-0.05, 0) is 46.6 Å². The Kier molecular flexibility index (Phi) is 3.40. The Bertz CT molecular complexity index is 827. The average Bonchev–Trinajstić information content (AvgIpc) is 2.69. The summed E-state index contributed by atoms with van der Waals surface area (Å²) >= 11 is 15.7. The first-order valence-electron chi connectivity index (χ1n) is 5.87. The number of rotatable bonds is 1. The average molecular weight is 371 g/mol. The van der Waals surface area contributed by atoms with Crippen molar-refractivity contribution in [3.05, 3.63) is 50.4 Å². The summed E-state index contributed by atoms with van der Waals surface area (Å²) in [6.45, 7) is 2.02. The fourth-order valence-electron chi connectivity index (χ4n) is 2.15. The zero-order valence-electron chi connectivity index (χ0n) is 10.5. The summed E-state index contributed by atoms with van der Waals surface area (Å²) in [5.74, 6) is 0.393. The number of hydrogen-bond donors (Lipinski definition) is 1. The Balaban J connectivity index is 2.39. The molecule has 0 radical (unpaired) electrons. The number of aromatic nitrogens is 2. The SMILES string of the molecule is Cc1cccc(-n2c(N)nc3cc(Cl)c(Cl)cc32)c1Br. The van der Waals surface area contributed by atoms with Crippen LogP contribution in [0, 0.1) is 6.92 Å². The maximum Gasteiger partial charge on any atom is 0.205 e. The van der Waals surface area contributed by atoms with Crippen molar-refractivity contribution in [1.29, 1.82) is 0 Å². The molecule has 102 valence electrons. The van der Waals surface area contributed by atoms with Crippen molar-refractivity contribution < 1.29 is 0 Å². The molecule has 0 aliphatic rings. The number of aryl methyl sites for hydroxylation is 1. The Morgan fingerprint density at radius 2 is 1.90 bits per heavy atom. The van der Waals surface area contributed by atoms with Crippen LogP contribution in [0.1, 0.15) is 5.56 Å². The highest BCUT2D eigenvalue weighted by atomic mass is 79.9.